The summed E-state index contributed by atoms with van der Waals surface area (Å²) in [6.45, 7) is 3.74. The molecule has 0 bridgehead atoms. The van der Waals surface area contributed by atoms with Gasteiger partial charge in [0, 0.05) is 23.1 Å². The van der Waals surface area contributed by atoms with E-state index in [0.29, 0.717) is 0 Å². The number of rotatable bonds is 3. The molecule has 2 nitrogen and oxygen atoms in total. The largest absolute Gasteiger partial charge is 0.493 e. The van der Waals surface area contributed by atoms with E-state index in [1.165, 1.54) is 16.7 Å². The summed E-state index contributed by atoms with van der Waals surface area (Å²) in [6, 6.07) is 12.7. The average Bonchev–Trinajstić information content (AvgIpc) is 2.88. The predicted molar refractivity (Wildman–Crippen MR) is 81.8 cm³/mol. The molecule has 1 aliphatic rings. The van der Waals surface area contributed by atoms with Gasteiger partial charge in [-0.15, -0.1) is 0 Å². The molecular weight excluding hydrogens is 302 g/mol. The van der Waals surface area contributed by atoms with Crippen LogP contribution < -0.4 is 10.1 Å². The fourth-order valence-corrected chi connectivity index (χ4v) is 2.74. The molecule has 0 atom stereocenters. The molecule has 0 spiro atoms. The van der Waals surface area contributed by atoms with Crippen molar-refractivity contribution in [1.29, 1.82) is 0 Å². The second-order valence-electron chi connectivity index (χ2n) is 4.83. The van der Waals surface area contributed by atoms with Crippen LogP contribution >= 0.6 is 15.9 Å². The van der Waals surface area contributed by atoms with Crippen LogP contribution in [0.5, 0.6) is 5.75 Å². The molecule has 1 heterocycles. The van der Waals surface area contributed by atoms with Gasteiger partial charge in [0.1, 0.15) is 5.75 Å². The highest BCUT2D eigenvalue weighted by Crippen LogP contribution is 2.28. The van der Waals surface area contributed by atoms with Crippen molar-refractivity contribution in [2.24, 2.45) is 0 Å². The molecule has 2 aromatic rings. The number of benzene rings is 2. The lowest BCUT2D eigenvalue weighted by Crippen LogP contribution is -2.01. The summed E-state index contributed by atoms with van der Waals surface area (Å²) in [5, 5.41) is 3.47. The highest BCUT2D eigenvalue weighted by atomic mass is 79.9. The van der Waals surface area contributed by atoms with Crippen LogP contribution in [0.15, 0.2) is 40.9 Å². The van der Waals surface area contributed by atoms with Gasteiger partial charge in [-0.1, -0.05) is 24.3 Å². The van der Waals surface area contributed by atoms with Gasteiger partial charge in [-0.25, -0.2) is 0 Å². The number of hydrogen-bond donors (Lipinski definition) is 1. The first-order valence-electron chi connectivity index (χ1n) is 6.47. The van der Waals surface area contributed by atoms with Crippen LogP contribution in [0, 0.1) is 6.92 Å². The molecule has 3 heteroatoms. The third-order valence-electron chi connectivity index (χ3n) is 3.43. The number of ether oxygens (including phenoxy) is 1. The molecule has 3 rings (SSSR count). The van der Waals surface area contributed by atoms with Gasteiger partial charge in [-0.3, -0.25) is 0 Å². The van der Waals surface area contributed by atoms with Crippen molar-refractivity contribution in [3.8, 4) is 5.75 Å². The molecule has 0 saturated carbocycles. The smallest absolute Gasteiger partial charge is 0.122 e. The minimum Gasteiger partial charge on any atom is -0.493 e. The van der Waals surface area contributed by atoms with Crippen molar-refractivity contribution < 1.29 is 4.74 Å². The molecule has 1 N–H and O–H groups in total. The summed E-state index contributed by atoms with van der Waals surface area (Å²) in [6.07, 6.45) is 1.03. The Hall–Kier alpha value is -1.48. The van der Waals surface area contributed by atoms with E-state index in [1.807, 2.05) is 0 Å². The van der Waals surface area contributed by atoms with Gasteiger partial charge < -0.3 is 10.1 Å². The summed E-state index contributed by atoms with van der Waals surface area (Å²) in [4.78, 5) is 0. The molecule has 19 heavy (non-hydrogen) atoms. The van der Waals surface area contributed by atoms with Crippen molar-refractivity contribution in [3.05, 3.63) is 57.6 Å². The van der Waals surface area contributed by atoms with Gasteiger partial charge in [0.2, 0.25) is 0 Å². The number of anilines is 1. The summed E-state index contributed by atoms with van der Waals surface area (Å²) < 4.78 is 6.66. The van der Waals surface area contributed by atoms with Crippen LogP contribution in [0.3, 0.4) is 0 Å². The van der Waals surface area contributed by atoms with E-state index in [1.54, 1.807) is 0 Å². The lowest BCUT2D eigenvalue weighted by molar-refractivity contribution is 0.357. The molecule has 0 aromatic heterocycles. The zero-order valence-electron chi connectivity index (χ0n) is 10.9. The second-order valence-corrected chi connectivity index (χ2v) is 5.62. The summed E-state index contributed by atoms with van der Waals surface area (Å²) >= 11 is 3.62. The van der Waals surface area contributed by atoms with Crippen molar-refractivity contribution in [3.63, 3.8) is 0 Å². The highest BCUT2D eigenvalue weighted by molar-refractivity contribution is 9.10. The molecule has 0 amide bonds. The first-order valence-corrected chi connectivity index (χ1v) is 7.27. The maximum absolute atomic E-state index is 5.52. The van der Waals surface area contributed by atoms with Gasteiger partial charge in [0.25, 0.3) is 0 Å². The Morgan fingerprint density at radius 2 is 2.16 bits per heavy atom. The highest BCUT2D eigenvalue weighted by Gasteiger charge is 2.11. The van der Waals surface area contributed by atoms with Crippen molar-refractivity contribution in [1.82, 2.24) is 0 Å². The topological polar surface area (TPSA) is 21.3 Å². The Morgan fingerprint density at radius 1 is 1.26 bits per heavy atom. The lowest BCUT2D eigenvalue weighted by atomic mass is 10.1. The van der Waals surface area contributed by atoms with Gasteiger partial charge in [-0.05, 0) is 51.7 Å². The molecule has 0 saturated heterocycles. The third kappa shape index (κ3) is 2.61. The normalized spacial score (nSPS) is 12.9. The van der Waals surface area contributed by atoms with Gasteiger partial charge >= 0.3 is 0 Å². The maximum Gasteiger partial charge on any atom is 0.122 e. The molecule has 0 radical (unpaired) electrons. The average molecular weight is 318 g/mol. The van der Waals surface area contributed by atoms with E-state index in [9.17, 15) is 0 Å². The van der Waals surface area contributed by atoms with E-state index in [4.69, 9.17) is 4.74 Å². The van der Waals surface area contributed by atoms with E-state index in [2.05, 4.69) is 64.6 Å². The molecule has 98 valence electrons. The van der Waals surface area contributed by atoms with Crippen molar-refractivity contribution in [2.75, 3.05) is 11.9 Å². The van der Waals surface area contributed by atoms with Crippen LogP contribution in [-0.2, 0) is 13.0 Å². The lowest BCUT2D eigenvalue weighted by Gasteiger charge is -2.11. The predicted octanol–water partition coefficient (Wildman–Crippen LogP) is 4.30. The van der Waals surface area contributed by atoms with E-state index >= 15 is 0 Å². The van der Waals surface area contributed by atoms with Gasteiger partial charge in [-0.2, -0.15) is 0 Å². The molecule has 0 fully saturated rings. The van der Waals surface area contributed by atoms with E-state index < -0.39 is 0 Å². The molecule has 2 aromatic carbocycles. The Balaban J connectivity index is 1.74. The monoisotopic (exact) mass is 317 g/mol. The minimum absolute atomic E-state index is 0.815. The van der Waals surface area contributed by atoms with E-state index in [0.717, 1.165) is 35.5 Å². The first-order chi connectivity index (χ1) is 9.24. The molecular formula is C16H16BrNO. The summed E-state index contributed by atoms with van der Waals surface area (Å²) in [5.74, 6) is 1.04. The Bertz CT molecular complexity index is 610. The number of aryl methyl sites for hydroxylation is 1. The van der Waals surface area contributed by atoms with Gasteiger partial charge in [0.15, 0.2) is 0 Å². The maximum atomic E-state index is 5.52. The minimum atomic E-state index is 0.815. The van der Waals surface area contributed by atoms with Crippen molar-refractivity contribution >= 4 is 21.6 Å². The van der Waals surface area contributed by atoms with Crippen LogP contribution in [0.25, 0.3) is 0 Å². The summed E-state index contributed by atoms with van der Waals surface area (Å²) in [5.41, 5.74) is 4.99. The standard InChI is InChI=1S/C16H16BrNO/c1-11-3-2-4-14(16(11)17)18-10-12-5-6-15-13(9-12)7-8-19-15/h2-6,9,18H,7-8,10H2,1H3. The number of fused-ring (bicyclic) bond motifs is 1. The molecule has 1 aliphatic heterocycles. The van der Waals surface area contributed by atoms with Crippen LogP contribution in [0.2, 0.25) is 0 Å². The quantitative estimate of drug-likeness (QED) is 0.911. The van der Waals surface area contributed by atoms with Crippen LogP contribution in [-0.4, -0.2) is 6.61 Å². The second kappa shape index (κ2) is 5.25. The Morgan fingerprint density at radius 3 is 3.05 bits per heavy atom. The fraction of sp³-hybridized carbons (Fsp3) is 0.250. The number of hydrogen-bond acceptors (Lipinski definition) is 2. The molecule has 0 aliphatic carbocycles. The van der Waals surface area contributed by atoms with Crippen molar-refractivity contribution in [2.45, 2.75) is 19.9 Å². The molecule has 0 unspecified atom stereocenters. The van der Waals surface area contributed by atoms with E-state index in [-0.39, 0.29) is 0 Å². The first kappa shape index (κ1) is 12.5. The van der Waals surface area contributed by atoms with Crippen LogP contribution in [0.4, 0.5) is 5.69 Å². The van der Waals surface area contributed by atoms with Gasteiger partial charge in [0.05, 0.1) is 6.61 Å². The van der Waals surface area contributed by atoms with Crippen LogP contribution in [0.1, 0.15) is 16.7 Å². The SMILES string of the molecule is Cc1cccc(NCc2ccc3c(c2)CCO3)c1Br. The Kier molecular flexibility index (Phi) is 3.47. The zero-order chi connectivity index (χ0) is 13.2. The third-order valence-corrected chi connectivity index (χ3v) is 4.48. The number of halogens is 1. The summed E-state index contributed by atoms with van der Waals surface area (Å²) in [7, 11) is 0. The fourth-order valence-electron chi connectivity index (χ4n) is 2.33. The number of nitrogens with one attached hydrogen (secondary N) is 1. The Labute approximate surface area is 121 Å². The zero-order valence-corrected chi connectivity index (χ0v) is 12.5.